The maximum atomic E-state index is 13.2. The minimum absolute atomic E-state index is 0.0282. The highest BCUT2D eigenvalue weighted by atomic mass is 31.2. The minimum atomic E-state index is -3.39. The van der Waals surface area contributed by atoms with Crippen molar-refractivity contribution in [3.63, 3.8) is 0 Å². The summed E-state index contributed by atoms with van der Waals surface area (Å²) in [5.74, 6) is -0.415. The van der Waals surface area contributed by atoms with Gasteiger partial charge in [0, 0.05) is 6.54 Å². The number of nitrogens with zero attached hydrogens (tertiary/aromatic N) is 3. The fourth-order valence-electron chi connectivity index (χ4n) is 2.41. The van der Waals surface area contributed by atoms with Crippen molar-refractivity contribution in [2.75, 3.05) is 18.7 Å². The lowest BCUT2D eigenvalue weighted by Gasteiger charge is -2.26. The summed E-state index contributed by atoms with van der Waals surface area (Å²) in [5, 5.41) is 5.48. The van der Waals surface area contributed by atoms with Crippen LogP contribution in [0.15, 0.2) is 11.1 Å². The van der Waals surface area contributed by atoms with Gasteiger partial charge in [-0.3, -0.25) is 23.9 Å². The molecule has 0 aliphatic heterocycles. The number of imidazole rings is 1. The molecule has 0 saturated heterocycles. The van der Waals surface area contributed by atoms with Crippen LogP contribution in [0.1, 0.15) is 27.7 Å². The number of carbonyl (C=O) groups is 2. The van der Waals surface area contributed by atoms with Crippen LogP contribution in [0.25, 0.3) is 11.2 Å². The zero-order chi connectivity index (χ0) is 21.8. The number of carbonyl (C=O) groups excluding carboxylic acids is 2. The summed E-state index contributed by atoms with van der Waals surface area (Å²) in [6.45, 7) is 6.32. The van der Waals surface area contributed by atoms with Gasteiger partial charge in [-0.05, 0) is 27.7 Å². The fraction of sp³-hybridized carbons (Fsp3) is 0.562. The lowest BCUT2D eigenvalue weighted by Crippen LogP contribution is -2.40. The first-order chi connectivity index (χ1) is 13.5. The number of nitrogens with two attached hydrogens (primary N) is 1. The van der Waals surface area contributed by atoms with Gasteiger partial charge in [0.1, 0.15) is 17.9 Å². The monoisotopic (exact) mass is 427 g/mol. The van der Waals surface area contributed by atoms with Crippen LogP contribution in [0.4, 0.5) is 5.95 Å². The molecule has 0 saturated carbocycles. The molecule has 0 aromatic carbocycles. The van der Waals surface area contributed by atoms with Gasteiger partial charge in [-0.2, -0.15) is 4.98 Å². The molecule has 13 heteroatoms. The predicted octanol–water partition coefficient (Wildman–Crippen LogP) is 0.00320. The van der Waals surface area contributed by atoms with Crippen LogP contribution in [0.2, 0.25) is 0 Å². The number of aromatic amines is 1. The van der Waals surface area contributed by atoms with Crippen molar-refractivity contribution < 1.29 is 18.9 Å². The van der Waals surface area contributed by atoms with Crippen LogP contribution in [0.3, 0.4) is 0 Å². The van der Waals surface area contributed by atoms with E-state index in [2.05, 4.69) is 25.1 Å². The van der Waals surface area contributed by atoms with Gasteiger partial charge in [-0.15, -0.1) is 0 Å². The average Bonchev–Trinajstić information content (AvgIpc) is 3.01. The van der Waals surface area contributed by atoms with Crippen LogP contribution < -0.4 is 21.5 Å². The number of H-pyrrole nitrogens is 1. The second kappa shape index (κ2) is 9.40. The Morgan fingerprint density at radius 1 is 1.28 bits per heavy atom. The number of nitrogen functional groups attached to an aromatic ring is 1. The third-order valence-electron chi connectivity index (χ3n) is 4.27. The Kier molecular flexibility index (Phi) is 7.42. The summed E-state index contributed by atoms with van der Waals surface area (Å²) >= 11 is 0. The quantitative estimate of drug-likeness (QED) is 0.282. The molecule has 29 heavy (non-hydrogen) atoms. The van der Waals surface area contributed by atoms with Gasteiger partial charge in [0.15, 0.2) is 11.2 Å². The van der Waals surface area contributed by atoms with Crippen molar-refractivity contribution in [2.45, 2.75) is 46.3 Å². The van der Waals surface area contributed by atoms with Gasteiger partial charge in [-0.1, -0.05) is 0 Å². The molecule has 0 radical (unpaired) electrons. The van der Waals surface area contributed by atoms with E-state index in [1.54, 1.807) is 18.4 Å². The number of hydrogen-bond donors (Lipinski definition) is 4. The maximum absolute atomic E-state index is 13.2. The van der Waals surface area contributed by atoms with Gasteiger partial charge in [0.25, 0.3) is 5.56 Å². The van der Waals surface area contributed by atoms with E-state index in [4.69, 9.17) is 10.5 Å². The summed E-state index contributed by atoms with van der Waals surface area (Å²) in [7, 11) is -3.39. The molecule has 0 fully saturated rings. The molecule has 0 aliphatic rings. The summed E-state index contributed by atoms with van der Waals surface area (Å²) < 4.78 is 20.3. The van der Waals surface area contributed by atoms with E-state index in [0.29, 0.717) is 5.65 Å². The van der Waals surface area contributed by atoms with Gasteiger partial charge < -0.3 is 15.0 Å². The number of anilines is 1. The van der Waals surface area contributed by atoms with E-state index in [1.165, 1.54) is 20.2 Å². The number of Topliss-reactive ketones (excluding diaryl/α,β-unsaturated/α-hetero) is 2. The minimum Gasteiger partial charge on any atom is -0.369 e. The summed E-state index contributed by atoms with van der Waals surface area (Å²) in [4.78, 5) is 45.3. The molecular weight excluding hydrogens is 401 g/mol. The van der Waals surface area contributed by atoms with Crippen LogP contribution >= 0.6 is 7.44 Å². The average molecular weight is 427 g/mol. The van der Waals surface area contributed by atoms with E-state index in [-0.39, 0.29) is 42.5 Å². The molecule has 2 heterocycles. The van der Waals surface area contributed by atoms with Gasteiger partial charge in [0.2, 0.25) is 13.4 Å². The molecule has 2 atom stereocenters. The van der Waals surface area contributed by atoms with Crippen molar-refractivity contribution in [1.82, 2.24) is 29.7 Å². The van der Waals surface area contributed by atoms with Gasteiger partial charge >= 0.3 is 0 Å². The first-order valence-electron chi connectivity index (χ1n) is 8.96. The van der Waals surface area contributed by atoms with Crippen LogP contribution in [-0.4, -0.2) is 56.1 Å². The molecule has 5 N–H and O–H groups in total. The molecule has 2 aromatic rings. The zero-order valence-corrected chi connectivity index (χ0v) is 17.7. The third-order valence-corrected chi connectivity index (χ3v) is 6.42. The molecule has 12 nitrogen and oxygen atoms in total. The van der Waals surface area contributed by atoms with Crippen molar-refractivity contribution in [1.29, 1.82) is 0 Å². The van der Waals surface area contributed by atoms with Crippen molar-refractivity contribution in [3.8, 4) is 0 Å². The fourth-order valence-corrected chi connectivity index (χ4v) is 4.63. The molecule has 2 rings (SSSR count). The molecule has 0 unspecified atom stereocenters. The summed E-state index contributed by atoms with van der Waals surface area (Å²) in [6.07, 6.45) is 1.19. The molecule has 0 spiro atoms. The summed E-state index contributed by atoms with van der Waals surface area (Å²) in [5.41, 5.74) is 5.58. The number of hydrogen-bond acceptors (Lipinski definition) is 8. The topological polar surface area (TPSA) is 174 Å². The smallest absolute Gasteiger partial charge is 0.280 e. The molecule has 2 aromatic heterocycles. The van der Waals surface area contributed by atoms with E-state index in [1.807, 2.05) is 0 Å². The highest BCUT2D eigenvalue weighted by molar-refractivity contribution is 7.59. The predicted molar refractivity (Wildman–Crippen MR) is 108 cm³/mol. The number of ether oxygens (including phenoxy) is 1. The largest absolute Gasteiger partial charge is 0.369 e. The lowest BCUT2D eigenvalue weighted by molar-refractivity contribution is -0.118. The lowest BCUT2D eigenvalue weighted by atomic mass is 10.3. The Morgan fingerprint density at radius 2 is 1.86 bits per heavy atom. The first-order valence-corrected chi connectivity index (χ1v) is 10.9. The van der Waals surface area contributed by atoms with Crippen LogP contribution in [-0.2, 0) is 25.4 Å². The molecular formula is C16H26N7O5P. The van der Waals surface area contributed by atoms with E-state index in [0.717, 1.165) is 0 Å². The van der Waals surface area contributed by atoms with E-state index in [9.17, 15) is 18.9 Å². The molecule has 0 aliphatic carbocycles. The second-order valence-corrected chi connectivity index (χ2v) is 9.02. The van der Waals surface area contributed by atoms with Crippen molar-refractivity contribution in [2.24, 2.45) is 0 Å². The number of rotatable bonds is 11. The third kappa shape index (κ3) is 6.04. The highest BCUT2D eigenvalue weighted by Gasteiger charge is 2.29. The number of nitrogens with one attached hydrogen (secondary N) is 3. The zero-order valence-electron chi connectivity index (χ0n) is 16.8. The van der Waals surface area contributed by atoms with Gasteiger partial charge in [0.05, 0.1) is 25.0 Å². The highest BCUT2D eigenvalue weighted by Crippen LogP contribution is 2.37. The Hall–Kier alpha value is -2.40. The number of aromatic nitrogens is 4. The van der Waals surface area contributed by atoms with Crippen LogP contribution in [0.5, 0.6) is 0 Å². The summed E-state index contributed by atoms with van der Waals surface area (Å²) in [6, 6.07) is -1.35. The van der Waals surface area contributed by atoms with Crippen molar-refractivity contribution in [3.05, 3.63) is 16.7 Å². The number of fused-ring (bicyclic) bond motifs is 1. The Morgan fingerprint density at radius 3 is 2.41 bits per heavy atom. The maximum Gasteiger partial charge on any atom is 0.280 e. The Balaban J connectivity index is 2.04. The normalized spacial score (nSPS) is 14.1. The van der Waals surface area contributed by atoms with Crippen molar-refractivity contribution >= 4 is 36.1 Å². The van der Waals surface area contributed by atoms with Crippen LogP contribution in [0, 0.1) is 0 Å². The first kappa shape index (κ1) is 22.9. The molecule has 160 valence electrons. The van der Waals surface area contributed by atoms with E-state index >= 15 is 0 Å². The Labute approximate surface area is 167 Å². The second-order valence-electron chi connectivity index (χ2n) is 6.76. The molecule has 0 bridgehead atoms. The van der Waals surface area contributed by atoms with Gasteiger partial charge in [-0.25, -0.2) is 15.2 Å². The standard InChI is InChI=1S/C16H26N7O5P/c1-9(11(3)24)21-29(27,22-10(2)12(4)25)8-28-6-5-23-7-18-13-14(23)19-16(17)20-15(13)26/h7,9-10H,5-6,8H2,1-4H3,(H2,21,22,27)(H3,17,19,20,26)/t9-,10-/m0/s1. The number of ketones is 2. The SMILES string of the molecule is CC(=O)[C@H](C)NP(=O)(COCCn1cnc2c(=O)[nH]c(N)nc21)N[C@@H](C)C(C)=O. The molecule has 0 amide bonds. The van der Waals surface area contributed by atoms with E-state index < -0.39 is 25.1 Å². The Bertz CT molecular complexity index is 975.